The number of fused-ring (bicyclic) bond motifs is 1. The number of carbonyl (C=O) groups is 2. The van der Waals surface area contributed by atoms with Gasteiger partial charge in [0.2, 0.25) is 0 Å². The lowest BCUT2D eigenvalue weighted by Crippen LogP contribution is -2.42. The van der Waals surface area contributed by atoms with E-state index in [4.69, 9.17) is 4.74 Å². The average Bonchev–Trinajstić information content (AvgIpc) is 2.81. The second-order valence-corrected chi connectivity index (χ2v) is 7.85. The molecule has 3 aromatic rings. The van der Waals surface area contributed by atoms with Crippen LogP contribution in [0.4, 0.5) is 4.39 Å². The predicted octanol–water partition coefficient (Wildman–Crippen LogP) is 2.94. The Balaban J connectivity index is 1.76. The molecule has 1 aliphatic heterocycles. The molecule has 0 spiro atoms. The monoisotopic (exact) mass is 437 g/mol. The fourth-order valence-corrected chi connectivity index (χ4v) is 3.94. The van der Waals surface area contributed by atoms with Crippen molar-refractivity contribution in [1.82, 2.24) is 15.6 Å². The molecule has 0 aliphatic carbocycles. The maximum atomic E-state index is 13.2. The van der Waals surface area contributed by atoms with Crippen molar-refractivity contribution in [3.63, 3.8) is 0 Å². The van der Waals surface area contributed by atoms with E-state index in [1.54, 1.807) is 24.4 Å². The molecular weight excluding hydrogens is 413 g/mol. The Morgan fingerprint density at radius 3 is 2.56 bits per heavy atom. The highest BCUT2D eigenvalue weighted by Crippen LogP contribution is 2.32. The molecule has 1 saturated heterocycles. The molecule has 2 aromatic carbocycles. The van der Waals surface area contributed by atoms with Gasteiger partial charge in [0.05, 0.1) is 7.11 Å². The molecule has 0 unspecified atom stereocenters. The summed E-state index contributed by atoms with van der Waals surface area (Å²) in [5.41, 5.74) is 1.93. The molecule has 0 atom stereocenters. The third-order valence-electron chi connectivity index (χ3n) is 5.65. The Kier molecular flexibility index (Phi) is 6.32. The standard InChI is InChI=1S/C24H24FN3O4/c1-32-24(31)20-12-19(23(30)28-17-6-8-26-9-7-17)18-11-15(13-27-21(18)22(20)29)10-14-2-4-16(25)5-3-14/h2-5,11-13,17,26,29H,6-10H2,1H3,(H,28,30). The molecule has 1 fully saturated rings. The van der Waals surface area contributed by atoms with Crippen molar-refractivity contribution in [2.24, 2.45) is 0 Å². The average molecular weight is 437 g/mol. The van der Waals surface area contributed by atoms with E-state index in [-0.39, 0.29) is 40.2 Å². The van der Waals surface area contributed by atoms with Crippen LogP contribution in [0, 0.1) is 5.82 Å². The van der Waals surface area contributed by atoms with Gasteiger partial charge < -0.3 is 20.5 Å². The van der Waals surface area contributed by atoms with Gasteiger partial charge in [0.15, 0.2) is 5.75 Å². The zero-order chi connectivity index (χ0) is 22.7. The lowest BCUT2D eigenvalue weighted by Gasteiger charge is -2.24. The number of amides is 1. The number of phenolic OH excluding ortho intramolecular Hbond substituents is 1. The number of benzene rings is 2. The molecular formula is C24H24FN3O4. The zero-order valence-electron chi connectivity index (χ0n) is 17.7. The van der Waals surface area contributed by atoms with Crippen LogP contribution < -0.4 is 10.6 Å². The van der Waals surface area contributed by atoms with Crippen LogP contribution in [0.5, 0.6) is 5.75 Å². The van der Waals surface area contributed by atoms with Gasteiger partial charge in [-0.05, 0) is 67.7 Å². The molecule has 166 valence electrons. The summed E-state index contributed by atoms with van der Waals surface area (Å²) >= 11 is 0. The van der Waals surface area contributed by atoms with Gasteiger partial charge in [-0.3, -0.25) is 9.78 Å². The van der Waals surface area contributed by atoms with Crippen molar-refractivity contribution in [1.29, 1.82) is 0 Å². The summed E-state index contributed by atoms with van der Waals surface area (Å²) in [6, 6.07) is 9.27. The molecule has 1 aromatic heterocycles. The number of hydrogen-bond acceptors (Lipinski definition) is 6. The molecule has 2 heterocycles. The van der Waals surface area contributed by atoms with Crippen molar-refractivity contribution < 1.29 is 23.8 Å². The number of nitrogens with zero attached hydrogens (tertiary/aromatic N) is 1. The molecule has 1 amide bonds. The summed E-state index contributed by atoms with van der Waals surface area (Å²) in [5.74, 6) is -1.74. The Labute approximate surface area is 184 Å². The van der Waals surface area contributed by atoms with Gasteiger partial charge in [0.25, 0.3) is 5.91 Å². The molecule has 0 radical (unpaired) electrons. The van der Waals surface area contributed by atoms with E-state index < -0.39 is 5.97 Å². The van der Waals surface area contributed by atoms with Crippen LogP contribution in [-0.2, 0) is 11.2 Å². The lowest BCUT2D eigenvalue weighted by molar-refractivity contribution is 0.0597. The smallest absolute Gasteiger partial charge is 0.341 e. The third kappa shape index (κ3) is 4.55. The second-order valence-electron chi connectivity index (χ2n) is 7.85. The van der Waals surface area contributed by atoms with Gasteiger partial charge in [-0.15, -0.1) is 0 Å². The summed E-state index contributed by atoms with van der Waals surface area (Å²) in [6.07, 6.45) is 3.65. The van der Waals surface area contributed by atoms with Crippen LogP contribution in [0.15, 0.2) is 42.6 Å². The normalized spacial score (nSPS) is 14.3. The van der Waals surface area contributed by atoms with Gasteiger partial charge in [-0.1, -0.05) is 12.1 Å². The molecule has 0 saturated carbocycles. The Morgan fingerprint density at radius 2 is 1.88 bits per heavy atom. The van der Waals surface area contributed by atoms with E-state index in [9.17, 15) is 19.1 Å². The minimum Gasteiger partial charge on any atom is -0.505 e. The minimum absolute atomic E-state index is 0.0181. The van der Waals surface area contributed by atoms with Crippen molar-refractivity contribution in [3.8, 4) is 5.75 Å². The number of hydrogen-bond donors (Lipinski definition) is 3. The number of halogens is 1. The Bertz CT molecular complexity index is 1160. The van der Waals surface area contributed by atoms with Crippen LogP contribution in [0.3, 0.4) is 0 Å². The van der Waals surface area contributed by atoms with Crippen LogP contribution in [0.1, 0.15) is 44.7 Å². The van der Waals surface area contributed by atoms with Gasteiger partial charge in [0, 0.05) is 23.2 Å². The highest BCUT2D eigenvalue weighted by atomic mass is 19.1. The number of aromatic hydroxyl groups is 1. The SMILES string of the molecule is COC(=O)c1cc(C(=O)NC2CCNCC2)c2cc(Cc3ccc(F)cc3)cnc2c1O. The summed E-state index contributed by atoms with van der Waals surface area (Å²) in [6.45, 7) is 1.64. The summed E-state index contributed by atoms with van der Waals surface area (Å²) in [5, 5.41) is 17.4. The van der Waals surface area contributed by atoms with Crippen molar-refractivity contribution >= 4 is 22.8 Å². The summed E-state index contributed by atoms with van der Waals surface area (Å²) in [7, 11) is 1.21. The zero-order valence-corrected chi connectivity index (χ0v) is 17.7. The van der Waals surface area contributed by atoms with Gasteiger partial charge in [0.1, 0.15) is 16.9 Å². The van der Waals surface area contributed by atoms with Crippen LogP contribution in [0.2, 0.25) is 0 Å². The first kappa shape index (κ1) is 21.7. The fourth-order valence-electron chi connectivity index (χ4n) is 3.94. The second kappa shape index (κ2) is 9.32. The fraction of sp³-hybridized carbons (Fsp3) is 0.292. The number of aromatic nitrogens is 1. The van der Waals surface area contributed by atoms with E-state index >= 15 is 0 Å². The number of esters is 1. The first-order valence-electron chi connectivity index (χ1n) is 10.4. The number of rotatable bonds is 5. The van der Waals surface area contributed by atoms with Crippen LogP contribution in [0.25, 0.3) is 10.9 Å². The maximum absolute atomic E-state index is 13.2. The van der Waals surface area contributed by atoms with Gasteiger partial charge in [-0.2, -0.15) is 0 Å². The van der Waals surface area contributed by atoms with E-state index in [0.29, 0.717) is 11.8 Å². The molecule has 3 N–H and O–H groups in total. The molecule has 7 nitrogen and oxygen atoms in total. The molecule has 4 rings (SSSR count). The number of ether oxygens (including phenoxy) is 1. The summed E-state index contributed by atoms with van der Waals surface area (Å²) in [4.78, 5) is 29.7. The first-order chi connectivity index (χ1) is 15.5. The molecule has 1 aliphatic rings. The number of nitrogens with one attached hydrogen (secondary N) is 2. The number of phenols is 1. The van der Waals surface area contributed by atoms with Crippen LogP contribution in [-0.4, -0.2) is 48.2 Å². The number of methoxy groups -OCH3 is 1. The van der Waals surface area contributed by atoms with E-state index in [1.807, 2.05) is 0 Å². The number of piperidine rings is 1. The Morgan fingerprint density at radius 1 is 1.16 bits per heavy atom. The van der Waals surface area contributed by atoms with E-state index in [2.05, 4.69) is 15.6 Å². The highest BCUT2D eigenvalue weighted by molar-refractivity contribution is 6.11. The van der Waals surface area contributed by atoms with Crippen LogP contribution >= 0.6 is 0 Å². The summed E-state index contributed by atoms with van der Waals surface area (Å²) < 4.78 is 18.0. The lowest BCUT2D eigenvalue weighted by atomic mass is 9.98. The third-order valence-corrected chi connectivity index (χ3v) is 5.65. The predicted molar refractivity (Wildman–Crippen MR) is 117 cm³/mol. The maximum Gasteiger partial charge on any atom is 0.341 e. The topological polar surface area (TPSA) is 101 Å². The van der Waals surface area contributed by atoms with Gasteiger partial charge in [-0.25, -0.2) is 9.18 Å². The molecule has 8 heteroatoms. The highest BCUT2D eigenvalue weighted by Gasteiger charge is 2.24. The van der Waals surface area contributed by atoms with Crippen molar-refractivity contribution in [2.75, 3.05) is 20.2 Å². The minimum atomic E-state index is -0.752. The number of pyridine rings is 1. The molecule has 32 heavy (non-hydrogen) atoms. The van der Waals surface area contributed by atoms with Crippen molar-refractivity contribution in [3.05, 3.63) is 70.7 Å². The van der Waals surface area contributed by atoms with E-state index in [0.717, 1.165) is 37.1 Å². The van der Waals surface area contributed by atoms with Gasteiger partial charge >= 0.3 is 5.97 Å². The van der Waals surface area contributed by atoms with Crippen molar-refractivity contribution in [2.45, 2.75) is 25.3 Å². The quantitative estimate of drug-likeness (QED) is 0.531. The largest absolute Gasteiger partial charge is 0.505 e. The Hall–Kier alpha value is -3.52. The molecule has 0 bridgehead atoms. The number of carbonyl (C=O) groups excluding carboxylic acids is 2. The first-order valence-corrected chi connectivity index (χ1v) is 10.4. The van der Waals surface area contributed by atoms with E-state index in [1.165, 1.54) is 25.3 Å².